The summed E-state index contributed by atoms with van der Waals surface area (Å²) in [6, 6.07) is 6.71. The molecule has 0 saturated heterocycles. The number of halogens is 1. The van der Waals surface area contributed by atoms with Gasteiger partial charge in [-0.05, 0) is 40.6 Å². The molecule has 0 fully saturated rings. The van der Waals surface area contributed by atoms with E-state index in [1.807, 2.05) is 0 Å². The molecule has 1 rings (SSSR count). The maximum Gasteiger partial charge on any atom is 0.336 e. The first-order valence-electron chi connectivity index (χ1n) is 5.81. The normalized spacial score (nSPS) is 9.35. The molecule has 1 aromatic rings. The van der Waals surface area contributed by atoms with Gasteiger partial charge in [0.15, 0.2) is 0 Å². The summed E-state index contributed by atoms with van der Waals surface area (Å²) in [5.41, 5.74) is 0.294. The molecule has 0 heterocycles. The summed E-state index contributed by atoms with van der Waals surface area (Å²) >= 11 is 3.12. The Kier molecular flexibility index (Phi) is 10.5. The van der Waals surface area contributed by atoms with Crippen LogP contribution in [-0.4, -0.2) is 17.2 Å². The van der Waals surface area contributed by atoms with Crippen molar-refractivity contribution in [2.24, 2.45) is 0 Å². The third kappa shape index (κ3) is 8.34. The van der Waals surface area contributed by atoms with Gasteiger partial charge in [0.2, 0.25) is 0 Å². The Morgan fingerprint density at radius 3 is 2.35 bits per heavy atom. The van der Waals surface area contributed by atoms with E-state index >= 15 is 0 Å². The molecule has 4 heteroatoms. The first kappa shape index (κ1) is 16.6. The smallest absolute Gasteiger partial charge is 0.336 e. The number of carboxylic acids is 1. The number of unbranched alkanes of at least 4 members (excludes halogenated alkanes) is 3. The van der Waals surface area contributed by atoms with E-state index < -0.39 is 5.97 Å². The Bertz CT molecular complexity index is 325. The van der Waals surface area contributed by atoms with Gasteiger partial charge in [-0.15, -0.1) is 9.24 Å². The van der Waals surface area contributed by atoms with Crippen molar-refractivity contribution in [1.29, 1.82) is 0 Å². The maximum absolute atomic E-state index is 10.4. The molecule has 0 aliphatic carbocycles. The van der Waals surface area contributed by atoms with Crippen molar-refractivity contribution < 1.29 is 9.90 Å². The zero-order valence-corrected chi connectivity index (χ0v) is 12.9. The van der Waals surface area contributed by atoms with Gasteiger partial charge < -0.3 is 5.11 Å². The van der Waals surface area contributed by atoms with Crippen LogP contribution >= 0.6 is 25.2 Å². The predicted octanol–water partition coefficient (Wildman–Crippen LogP) is 4.59. The van der Waals surface area contributed by atoms with Crippen LogP contribution in [0.2, 0.25) is 0 Å². The van der Waals surface area contributed by atoms with Crippen LogP contribution in [0.5, 0.6) is 0 Å². The summed E-state index contributed by atoms with van der Waals surface area (Å²) in [5.74, 6) is -0.910. The SMILES string of the molecule is CCCCCCP.O=C(O)c1ccccc1Br. The Morgan fingerprint density at radius 1 is 1.29 bits per heavy atom. The van der Waals surface area contributed by atoms with E-state index in [1.54, 1.807) is 24.3 Å². The van der Waals surface area contributed by atoms with Crippen molar-refractivity contribution in [2.75, 3.05) is 6.16 Å². The molecule has 1 unspecified atom stereocenters. The molecule has 0 spiro atoms. The van der Waals surface area contributed by atoms with Crippen LogP contribution in [0.3, 0.4) is 0 Å². The second-order valence-corrected chi connectivity index (χ2v) is 5.07. The first-order chi connectivity index (χ1) is 8.13. The fraction of sp³-hybridized carbons (Fsp3) is 0.462. The van der Waals surface area contributed by atoms with Crippen molar-refractivity contribution in [2.45, 2.75) is 32.6 Å². The molecule has 0 bridgehead atoms. The van der Waals surface area contributed by atoms with E-state index in [0.717, 1.165) is 0 Å². The Balaban J connectivity index is 0.000000325. The molecule has 0 radical (unpaired) electrons. The Labute approximate surface area is 114 Å². The topological polar surface area (TPSA) is 37.3 Å². The van der Waals surface area contributed by atoms with Crippen LogP contribution in [0.4, 0.5) is 0 Å². The summed E-state index contributed by atoms with van der Waals surface area (Å²) in [6.07, 6.45) is 6.84. The quantitative estimate of drug-likeness (QED) is 0.637. The average molecular weight is 319 g/mol. The van der Waals surface area contributed by atoms with Gasteiger partial charge in [-0.3, -0.25) is 0 Å². The molecule has 96 valence electrons. The highest BCUT2D eigenvalue weighted by Crippen LogP contribution is 2.14. The minimum Gasteiger partial charge on any atom is -0.478 e. The lowest BCUT2D eigenvalue weighted by Crippen LogP contribution is -1.95. The summed E-state index contributed by atoms with van der Waals surface area (Å²) in [7, 11) is 2.75. The Morgan fingerprint density at radius 2 is 1.94 bits per heavy atom. The van der Waals surface area contributed by atoms with Crippen molar-refractivity contribution in [3.8, 4) is 0 Å². The minimum atomic E-state index is -0.910. The van der Waals surface area contributed by atoms with Crippen LogP contribution in [0.1, 0.15) is 43.0 Å². The highest BCUT2D eigenvalue weighted by Gasteiger charge is 2.04. The van der Waals surface area contributed by atoms with Gasteiger partial charge in [-0.2, -0.15) is 0 Å². The highest BCUT2D eigenvalue weighted by atomic mass is 79.9. The van der Waals surface area contributed by atoms with Gasteiger partial charge >= 0.3 is 5.97 Å². The van der Waals surface area contributed by atoms with E-state index in [-0.39, 0.29) is 0 Å². The molecule has 0 aliphatic heterocycles. The molecule has 0 saturated carbocycles. The van der Waals surface area contributed by atoms with Gasteiger partial charge in [-0.25, -0.2) is 4.79 Å². The monoisotopic (exact) mass is 318 g/mol. The van der Waals surface area contributed by atoms with Crippen molar-refractivity contribution in [3.63, 3.8) is 0 Å². The number of benzene rings is 1. The fourth-order valence-corrected chi connectivity index (χ4v) is 1.95. The Hall–Kier alpha value is -0.400. The molecular weight excluding hydrogens is 299 g/mol. The van der Waals surface area contributed by atoms with E-state index in [0.29, 0.717) is 10.0 Å². The van der Waals surface area contributed by atoms with Crippen LogP contribution in [0.25, 0.3) is 0 Å². The summed E-state index contributed by atoms with van der Waals surface area (Å²) in [5, 5.41) is 8.54. The molecule has 1 atom stereocenters. The summed E-state index contributed by atoms with van der Waals surface area (Å²) in [4.78, 5) is 10.4. The van der Waals surface area contributed by atoms with Gasteiger partial charge in [0, 0.05) is 4.47 Å². The fourth-order valence-electron chi connectivity index (χ4n) is 1.21. The molecule has 17 heavy (non-hydrogen) atoms. The highest BCUT2D eigenvalue weighted by molar-refractivity contribution is 9.10. The molecular formula is C13H20BrO2P. The van der Waals surface area contributed by atoms with Gasteiger partial charge in [0.05, 0.1) is 5.56 Å². The minimum absolute atomic E-state index is 0.294. The van der Waals surface area contributed by atoms with Gasteiger partial charge in [0.25, 0.3) is 0 Å². The van der Waals surface area contributed by atoms with E-state index in [4.69, 9.17) is 5.11 Å². The van der Waals surface area contributed by atoms with Crippen molar-refractivity contribution in [1.82, 2.24) is 0 Å². The van der Waals surface area contributed by atoms with Crippen LogP contribution in [0, 0.1) is 0 Å². The van der Waals surface area contributed by atoms with Crippen molar-refractivity contribution in [3.05, 3.63) is 34.3 Å². The zero-order chi connectivity index (χ0) is 13.1. The molecule has 1 aromatic carbocycles. The van der Waals surface area contributed by atoms with Crippen LogP contribution in [-0.2, 0) is 0 Å². The average Bonchev–Trinajstić information content (AvgIpc) is 2.31. The van der Waals surface area contributed by atoms with Gasteiger partial charge in [-0.1, -0.05) is 38.3 Å². The third-order valence-electron chi connectivity index (χ3n) is 2.16. The van der Waals surface area contributed by atoms with Gasteiger partial charge in [0.1, 0.15) is 0 Å². The number of aromatic carboxylic acids is 1. The number of hydrogen-bond donors (Lipinski definition) is 1. The summed E-state index contributed by atoms with van der Waals surface area (Å²) in [6.45, 7) is 2.24. The lowest BCUT2D eigenvalue weighted by Gasteiger charge is -1.94. The third-order valence-corrected chi connectivity index (χ3v) is 3.26. The molecule has 0 amide bonds. The summed E-state index contributed by atoms with van der Waals surface area (Å²) < 4.78 is 0.613. The molecule has 2 nitrogen and oxygen atoms in total. The number of carboxylic acid groups (broad SMARTS) is 1. The second kappa shape index (κ2) is 10.7. The standard InChI is InChI=1S/C7H5BrO2.C6H15P/c8-6-4-2-1-3-5(6)7(9)10;1-2-3-4-5-6-7/h1-4H,(H,9,10);2-7H2,1H3. The maximum atomic E-state index is 10.4. The lowest BCUT2D eigenvalue weighted by atomic mass is 10.2. The van der Waals surface area contributed by atoms with Crippen LogP contribution < -0.4 is 0 Å². The van der Waals surface area contributed by atoms with Crippen LogP contribution in [0.15, 0.2) is 28.7 Å². The van der Waals surface area contributed by atoms with Crippen molar-refractivity contribution >= 4 is 31.1 Å². The zero-order valence-electron chi connectivity index (χ0n) is 10.2. The second-order valence-electron chi connectivity index (χ2n) is 3.63. The number of carbonyl (C=O) groups is 1. The molecule has 0 aromatic heterocycles. The number of rotatable bonds is 5. The molecule has 1 N–H and O–H groups in total. The number of hydrogen-bond acceptors (Lipinski definition) is 1. The lowest BCUT2D eigenvalue weighted by molar-refractivity contribution is 0.0696. The van der Waals surface area contributed by atoms with E-state index in [9.17, 15) is 4.79 Å². The predicted molar refractivity (Wildman–Crippen MR) is 79.8 cm³/mol. The largest absolute Gasteiger partial charge is 0.478 e. The molecule has 0 aliphatic rings. The van der Waals surface area contributed by atoms with E-state index in [2.05, 4.69) is 32.1 Å². The first-order valence-corrected chi connectivity index (χ1v) is 7.42. The van der Waals surface area contributed by atoms with E-state index in [1.165, 1.54) is 31.8 Å².